The van der Waals surface area contributed by atoms with Crippen LogP contribution in [0.25, 0.3) is 0 Å². The van der Waals surface area contributed by atoms with E-state index in [9.17, 15) is 0 Å². The first-order chi connectivity index (χ1) is 8.79. The summed E-state index contributed by atoms with van der Waals surface area (Å²) in [5, 5.41) is 3.42. The lowest BCUT2D eigenvalue weighted by molar-refractivity contribution is 0.372. The van der Waals surface area contributed by atoms with E-state index in [-0.39, 0.29) is 0 Å². The third-order valence-electron chi connectivity index (χ3n) is 3.48. The van der Waals surface area contributed by atoms with Crippen molar-refractivity contribution in [2.45, 2.75) is 33.1 Å². The third-order valence-corrected chi connectivity index (χ3v) is 3.48. The number of piperidine rings is 1. The lowest BCUT2D eigenvalue weighted by atomic mass is 9.97. The van der Waals surface area contributed by atoms with Gasteiger partial charge < -0.3 is 10.2 Å². The largest absolute Gasteiger partial charge is 0.341 e. The topological polar surface area (TPSA) is 41.0 Å². The zero-order valence-corrected chi connectivity index (χ0v) is 11.5. The second-order valence-corrected chi connectivity index (χ2v) is 5.20. The number of hydrogen-bond acceptors (Lipinski definition) is 4. The normalized spacial score (nSPS) is 16.8. The Morgan fingerprint density at radius 1 is 1.28 bits per heavy atom. The van der Waals surface area contributed by atoms with Gasteiger partial charge in [0, 0.05) is 25.5 Å². The lowest BCUT2D eigenvalue weighted by Crippen LogP contribution is -2.37. The SMILES string of the molecule is CCCN(CC1CCNCC1)c1ncc(C)cn1. The van der Waals surface area contributed by atoms with Crippen molar-refractivity contribution < 1.29 is 0 Å². The Balaban J connectivity index is 2.00. The zero-order chi connectivity index (χ0) is 12.8. The molecule has 4 nitrogen and oxygen atoms in total. The van der Waals surface area contributed by atoms with Gasteiger partial charge in [0.25, 0.3) is 0 Å². The van der Waals surface area contributed by atoms with Gasteiger partial charge in [0.2, 0.25) is 5.95 Å². The minimum absolute atomic E-state index is 0.780. The maximum Gasteiger partial charge on any atom is 0.225 e. The number of aromatic nitrogens is 2. The quantitative estimate of drug-likeness (QED) is 0.865. The minimum Gasteiger partial charge on any atom is -0.341 e. The van der Waals surface area contributed by atoms with Gasteiger partial charge in [0.1, 0.15) is 0 Å². The van der Waals surface area contributed by atoms with Gasteiger partial charge in [-0.15, -0.1) is 0 Å². The summed E-state index contributed by atoms with van der Waals surface area (Å²) in [5.74, 6) is 1.67. The highest BCUT2D eigenvalue weighted by Crippen LogP contribution is 2.17. The molecule has 1 aromatic rings. The minimum atomic E-state index is 0.780. The molecule has 2 rings (SSSR count). The summed E-state index contributed by atoms with van der Waals surface area (Å²) in [6.07, 6.45) is 7.50. The first kappa shape index (κ1) is 13.3. The van der Waals surface area contributed by atoms with E-state index in [4.69, 9.17) is 0 Å². The van der Waals surface area contributed by atoms with Crippen molar-refractivity contribution in [3.63, 3.8) is 0 Å². The number of nitrogens with one attached hydrogen (secondary N) is 1. The molecule has 1 aliphatic rings. The first-order valence-corrected chi connectivity index (χ1v) is 7.04. The Labute approximate surface area is 110 Å². The second-order valence-electron chi connectivity index (χ2n) is 5.20. The second kappa shape index (κ2) is 6.69. The molecule has 0 saturated carbocycles. The molecule has 0 aliphatic carbocycles. The molecule has 1 aromatic heterocycles. The van der Waals surface area contributed by atoms with Crippen LogP contribution in [0.3, 0.4) is 0 Å². The first-order valence-electron chi connectivity index (χ1n) is 7.04. The molecular weight excluding hydrogens is 224 g/mol. The smallest absolute Gasteiger partial charge is 0.225 e. The van der Waals surface area contributed by atoms with Crippen molar-refractivity contribution in [3.05, 3.63) is 18.0 Å². The Hall–Kier alpha value is -1.16. The Kier molecular flexibility index (Phi) is 4.93. The standard InChI is InChI=1S/C14H24N4/c1-3-8-18(11-13-4-6-15-7-5-13)14-16-9-12(2)10-17-14/h9-10,13,15H,3-8,11H2,1-2H3. The summed E-state index contributed by atoms with van der Waals surface area (Å²) in [6, 6.07) is 0. The molecule has 1 aliphatic heterocycles. The van der Waals surface area contributed by atoms with Gasteiger partial charge in [-0.25, -0.2) is 9.97 Å². The fourth-order valence-electron chi connectivity index (χ4n) is 2.47. The molecule has 4 heteroatoms. The molecule has 0 radical (unpaired) electrons. The summed E-state index contributed by atoms with van der Waals surface area (Å²) in [7, 11) is 0. The van der Waals surface area contributed by atoms with Crippen LogP contribution in [0.1, 0.15) is 31.7 Å². The number of rotatable bonds is 5. The van der Waals surface area contributed by atoms with E-state index in [2.05, 4.69) is 27.1 Å². The highest BCUT2D eigenvalue weighted by Gasteiger charge is 2.18. The van der Waals surface area contributed by atoms with Crippen LogP contribution in [0.4, 0.5) is 5.95 Å². The van der Waals surface area contributed by atoms with E-state index < -0.39 is 0 Å². The summed E-state index contributed by atoms with van der Waals surface area (Å²) in [6.45, 7) is 8.69. The van der Waals surface area contributed by atoms with Crippen molar-refractivity contribution in [2.75, 3.05) is 31.1 Å². The number of nitrogens with zero attached hydrogens (tertiary/aromatic N) is 3. The molecule has 18 heavy (non-hydrogen) atoms. The summed E-state index contributed by atoms with van der Waals surface area (Å²) in [4.78, 5) is 11.3. The van der Waals surface area contributed by atoms with Crippen LogP contribution in [0.5, 0.6) is 0 Å². The molecule has 0 amide bonds. The lowest BCUT2D eigenvalue weighted by Gasteiger charge is -2.30. The van der Waals surface area contributed by atoms with Gasteiger partial charge in [0.15, 0.2) is 0 Å². The summed E-state index contributed by atoms with van der Waals surface area (Å²) < 4.78 is 0. The molecule has 1 N–H and O–H groups in total. The molecule has 0 spiro atoms. The molecule has 0 bridgehead atoms. The van der Waals surface area contributed by atoms with Crippen LogP contribution in [-0.4, -0.2) is 36.1 Å². The zero-order valence-electron chi connectivity index (χ0n) is 11.5. The highest BCUT2D eigenvalue weighted by molar-refractivity contribution is 5.29. The van der Waals surface area contributed by atoms with Crippen molar-refractivity contribution in [1.29, 1.82) is 0 Å². The number of hydrogen-bond donors (Lipinski definition) is 1. The summed E-state index contributed by atoms with van der Waals surface area (Å²) >= 11 is 0. The van der Waals surface area contributed by atoms with Gasteiger partial charge >= 0.3 is 0 Å². The van der Waals surface area contributed by atoms with Crippen LogP contribution in [0.2, 0.25) is 0 Å². The maximum atomic E-state index is 4.46. The Morgan fingerprint density at radius 3 is 2.56 bits per heavy atom. The monoisotopic (exact) mass is 248 g/mol. The van der Waals surface area contributed by atoms with Gasteiger partial charge in [-0.3, -0.25) is 0 Å². The third kappa shape index (κ3) is 3.67. The molecule has 0 aromatic carbocycles. The molecule has 100 valence electrons. The van der Waals surface area contributed by atoms with E-state index in [1.807, 2.05) is 19.3 Å². The molecule has 1 fully saturated rings. The molecule has 0 atom stereocenters. The van der Waals surface area contributed by atoms with E-state index in [0.717, 1.165) is 50.0 Å². The van der Waals surface area contributed by atoms with Gasteiger partial charge in [-0.05, 0) is 50.8 Å². The number of aryl methyl sites for hydroxylation is 1. The van der Waals surface area contributed by atoms with Gasteiger partial charge in [-0.2, -0.15) is 0 Å². The average Bonchev–Trinajstić information content (AvgIpc) is 2.40. The highest BCUT2D eigenvalue weighted by atomic mass is 15.2. The van der Waals surface area contributed by atoms with E-state index in [1.54, 1.807) is 0 Å². The van der Waals surface area contributed by atoms with Crippen LogP contribution in [-0.2, 0) is 0 Å². The van der Waals surface area contributed by atoms with Gasteiger partial charge in [-0.1, -0.05) is 6.92 Å². The van der Waals surface area contributed by atoms with Crippen LogP contribution in [0.15, 0.2) is 12.4 Å². The summed E-state index contributed by atoms with van der Waals surface area (Å²) in [5.41, 5.74) is 1.12. The average molecular weight is 248 g/mol. The van der Waals surface area contributed by atoms with Crippen molar-refractivity contribution in [1.82, 2.24) is 15.3 Å². The van der Waals surface area contributed by atoms with E-state index in [1.165, 1.54) is 12.8 Å². The number of anilines is 1. The van der Waals surface area contributed by atoms with E-state index in [0.29, 0.717) is 0 Å². The molecule has 2 heterocycles. The molecule has 1 saturated heterocycles. The predicted octanol–water partition coefficient (Wildman–Crippen LogP) is 2.00. The fourth-order valence-corrected chi connectivity index (χ4v) is 2.47. The Morgan fingerprint density at radius 2 is 1.94 bits per heavy atom. The van der Waals surface area contributed by atoms with Crippen LogP contribution < -0.4 is 10.2 Å². The Bertz CT molecular complexity index is 343. The van der Waals surface area contributed by atoms with E-state index >= 15 is 0 Å². The van der Waals surface area contributed by atoms with Crippen LogP contribution in [0, 0.1) is 12.8 Å². The van der Waals surface area contributed by atoms with Crippen molar-refractivity contribution in [3.8, 4) is 0 Å². The van der Waals surface area contributed by atoms with Crippen molar-refractivity contribution in [2.24, 2.45) is 5.92 Å². The van der Waals surface area contributed by atoms with Crippen LogP contribution >= 0.6 is 0 Å². The maximum absolute atomic E-state index is 4.46. The molecular formula is C14H24N4. The van der Waals surface area contributed by atoms with Crippen molar-refractivity contribution >= 4 is 5.95 Å². The van der Waals surface area contributed by atoms with Gasteiger partial charge in [0.05, 0.1) is 0 Å². The fraction of sp³-hybridized carbons (Fsp3) is 0.714. The molecule has 0 unspecified atom stereocenters. The predicted molar refractivity (Wildman–Crippen MR) is 74.9 cm³/mol.